The first-order valence-electron chi connectivity index (χ1n) is 3.61. The summed E-state index contributed by atoms with van der Waals surface area (Å²) >= 11 is 0. The molecular formula is C7H13N3. The molecular weight excluding hydrogens is 126 g/mol. The quantitative estimate of drug-likeness (QED) is 0.576. The maximum atomic E-state index is 8.51. The van der Waals surface area contributed by atoms with Crippen LogP contribution in [0, 0.1) is 17.2 Å². The average molecular weight is 139 g/mol. The fourth-order valence-electron chi connectivity index (χ4n) is 1.16. The second kappa shape index (κ2) is 3.00. The second-order valence-corrected chi connectivity index (χ2v) is 2.86. The highest BCUT2D eigenvalue weighted by Crippen LogP contribution is 2.16. The number of hydrogen-bond donors (Lipinski definition) is 1. The van der Waals surface area contributed by atoms with Gasteiger partial charge in [-0.25, -0.2) is 0 Å². The number of nitrogens with two attached hydrogens (primary N) is 1. The van der Waals surface area contributed by atoms with E-state index in [0.29, 0.717) is 5.92 Å². The molecule has 0 aromatic carbocycles. The minimum absolute atomic E-state index is 0.0720. The SMILES string of the molecule is C[C@H](C#N)N1CC(CN)C1. The van der Waals surface area contributed by atoms with E-state index < -0.39 is 0 Å². The summed E-state index contributed by atoms with van der Waals surface area (Å²) in [6.45, 7) is 4.69. The van der Waals surface area contributed by atoms with Gasteiger partial charge in [-0.15, -0.1) is 0 Å². The van der Waals surface area contributed by atoms with Crippen LogP contribution in [0.2, 0.25) is 0 Å². The highest BCUT2D eigenvalue weighted by molar-refractivity contribution is 4.94. The Labute approximate surface area is 61.4 Å². The summed E-state index contributed by atoms with van der Waals surface area (Å²) < 4.78 is 0. The molecule has 0 bridgehead atoms. The molecule has 0 spiro atoms. The normalized spacial score (nSPS) is 23.3. The molecule has 0 aromatic heterocycles. The lowest BCUT2D eigenvalue weighted by atomic mass is 9.99. The zero-order chi connectivity index (χ0) is 7.56. The molecule has 2 N–H and O–H groups in total. The van der Waals surface area contributed by atoms with Crippen molar-refractivity contribution in [3.8, 4) is 6.07 Å². The first kappa shape index (κ1) is 7.52. The van der Waals surface area contributed by atoms with Crippen molar-refractivity contribution in [1.82, 2.24) is 4.90 Å². The van der Waals surface area contributed by atoms with E-state index in [0.717, 1.165) is 19.6 Å². The summed E-state index contributed by atoms with van der Waals surface area (Å²) in [5.41, 5.74) is 5.43. The first-order valence-corrected chi connectivity index (χ1v) is 3.61. The Bertz CT molecular complexity index is 143. The van der Waals surface area contributed by atoms with E-state index in [2.05, 4.69) is 11.0 Å². The Balaban J connectivity index is 2.21. The fraction of sp³-hybridized carbons (Fsp3) is 0.857. The van der Waals surface area contributed by atoms with Gasteiger partial charge in [-0.2, -0.15) is 5.26 Å². The highest BCUT2D eigenvalue weighted by Gasteiger charge is 2.28. The van der Waals surface area contributed by atoms with Crippen molar-refractivity contribution in [3.05, 3.63) is 0 Å². The van der Waals surface area contributed by atoms with Gasteiger partial charge in [0.25, 0.3) is 0 Å². The van der Waals surface area contributed by atoms with Crippen LogP contribution in [0.25, 0.3) is 0 Å². The summed E-state index contributed by atoms with van der Waals surface area (Å²) in [5, 5.41) is 8.51. The van der Waals surface area contributed by atoms with Gasteiger partial charge >= 0.3 is 0 Å². The molecule has 0 saturated carbocycles. The number of rotatable bonds is 2. The summed E-state index contributed by atoms with van der Waals surface area (Å²) in [6.07, 6.45) is 0. The third kappa shape index (κ3) is 1.28. The number of likely N-dealkylation sites (tertiary alicyclic amines) is 1. The number of nitriles is 1. The molecule has 0 amide bonds. The van der Waals surface area contributed by atoms with Crippen LogP contribution >= 0.6 is 0 Å². The van der Waals surface area contributed by atoms with Crippen LogP contribution in [-0.4, -0.2) is 30.6 Å². The van der Waals surface area contributed by atoms with Gasteiger partial charge in [0.15, 0.2) is 0 Å². The average Bonchev–Trinajstić information content (AvgIpc) is 1.85. The van der Waals surface area contributed by atoms with Gasteiger partial charge in [-0.05, 0) is 19.4 Å². The molecule has 1 aliphatic heterocycles. The van der Waals surface area contributed by atoms with Crippen molar-refractivity contribution < 1.29 is 0 Å². The Hall–Kier alpha value is -0.590. The molecule has 56 valence electrons. The van der Waals surface area contributed by atoms with Crippen LogP contribution in [0.3, 0.4) is 0 Å². The topological polar surface area (TPSA) is 53.0 Å². The summed E-state index contributed by atoms with van der Waals surface area (Å²) in [7, 11) is 0. The van der Waals surface area contributed by atoms with Gasteiger partial charge in [-0.1, -0.05) is 0 Å². The van der Waals surface area contributed by atoms with Crippen LogP contribution in [0.5, 0.6) is 0 Å². The number of hydrogen-bond acceptors (Lipinski definition) is 3. The van der Waals surface area contributed by atoms with Gasteiger partial charge in [0.1, 0.15) is 0 Å². The molecule has 0 aromatic rings. The van der Waals surface area contributed by atoms with E-state index in [-0.39, 0.29) is 6.04 Å². The van der Waals surface area contributed by atoms with E-state index in [1.54, 1.807) is 0 Å². The molecule has 3 nitrogen and oxygen atoms in total. The summed E-state index contributed by atoms with van der Waals surface area (Å²) in [6, 6.07) is 2.27. The molecule has 1 rings (SSSR count). The molecule has 1 aliphatic rings. The van der Waals surface area contributed by atoms with Gasteiger partial charge < -0.3 is 5.73 Å². The van der Waals surface area contributed by atoms with Crippen LogP contribution < -0.4 is 5.73 Å². The monoisotopic (exact) mass is 139 g/mol. The Morgan fingerprint density at radius 3 is 2.80 bits per heavy atom. The molecule has 0 radical (unpaired) electrons. The lowest BCUT2D eigenvalue weighted by molar-refractivity contribution is 0.0871. The van der Waals surface area contributed by atoms with Crippen LogP contribution in [0.4, 0.5) is 0 Å². The van der Waals surface area contributed by atoms with Gasteiger partial charge in [0.2, 0.25) is 0 Å². The van der Waals surface area contributed by atoms with E-state index in [4.69, 9.17) is 11.0 Å². The van der Waals surface area contributed by atoms with Crippen molar-refractivity contribution in [2.24, 2.45) is 11.7 Å². The van der Waals surface area contributed by atoms with Crippen LogP contribution in [0.15, 0.2) is 0 Å². The zero-order valence-electron chi connectivity index (χ0n) is 6.25. The molecule has 0 unspecified atom stereocenters. The van der Waals surface area contributed by atoms with Crippen molar-refractivity contribution in [2.45, 2.75) is 13.0 Å². The Kier molecular flexibility index (Phi) is 2.25. The van der Waals surface area contributed by atoms with Crippen molar-refractivity contribution >= 4 is 0 Å². The lowest BCUT2D eigenvalue weighted by Crippen LogP contribution is -2.53. The van der Waals surface area contributed by atoms with E-state index in [9.17, 15) is 0 Å². The van der Waals surface area contributed by atoms with Crippen LogP contribution in [-0.2, 0) is 0 Å². The Morgan fingerprint density at radius 1 is 1.80 bits per heavy atom. The molecule has 1 fully saturated rings. The first-order chi connectivity index (χ1) is 4.77. The van der Waals surface area contributed by atoms with Crippen molar-refractivity contribution in [3.63, 3.8) is 0 Å². The molecule has 1 heterocycles. The standard InChI is InChI=1S/C7H13N3/c1-6(2-8)10-4-7(3-9)5-10/h6-7H,3-5,9H2,1H3/t6-/m1/s1. The minimum atomic E-state index is 0.0720. The van der Waals surface area contributed by atoms with E-state index in [1.165, 1.54) is 0 Å². The van der Waals surface area contributed by atoms with Crippen molar-refractivity contribution in [1.29, 1.82) is 5.26 Å². The maximum absolute atomic E-state index is 8.51. The van der Waals surface area contributed by atoms with Gasteiger partial charge in [0.05, 0.1) is 12.1 Å². The highest BCUT2D eigenvalue weighted by atomic mass is 15.2. The largest absolute Gasteiger partial charge is 0.330 e. The predicted molar refractivity (Wildman–Crippen MR) is 39.2 cm³/mol. The molecule has 1 atom stereocenters. The van der Waals surface area contributed by atoms with Gasteiger partial charge in [0, 0.05) is 13.1 Å². The minimum Gasteiger partial charge on any atom is -0.330 e. The molecule has 1 saturated heterocycles. The summed E-state index contributed by atoms with van der Waals surface area (Å²) in [4.78, 5) is 2.14. The van der Waals surface area contributed by atoms with Crippen molar-refractivity contribution in [2.75, 3.05) is 19.6 Å². The van der Waals surface area contributed by atoms with Crippen LogP contribution in [0.1, 0.15) is 6.92 Å². The zero-order valence-corrected chi connectivity index (χ0v) is 6.25. The smallest absolute Gasteiger partial charge is 0.0949 e. The molecule has 3 heteroatoms. The maximum Gasteiger partial charge on any atom is 0.0949 e. The number of nitrogens with zero attached hydrogens (tertiary/aromatic N) is 2. The van der Waals surface area contributed by atoms with E-state index >= 15 is 0 Å². The third-order valence-electron chi connectivity index (χ3n) is 2.05. The fourth-order valence-corrected chi connectivity index (χ4v) is 1.16. The lowest BCUT2D eigenvalue weighted by Gasteiger charge is -2.40. The summed E-state index contributed by atoms with van der Waals surface area (Å²) in [5.74, 6) is 0.635. The molecule has 10 heavy (non-hydrogen) atoms. The Morgan fingerprint density at radius 2 is 2.40 bits per heavy atom. The van der Waals surface area contributed by atoms with E-state index in [1.807, 2.05) is 6.92 Å². The predicted octanol–water partition coefficient (Wildman–Crippen LogP) is -0.211. The third-order valence-corrected chi connectivity index (χ3v) is 2.05. The van der Waals surface area contributed by atoms with Gasteiger partial charge in [-0.3, -0.25) is 4.90 Å². The molecule has 0 aliphatic carbocycles. The second-order valence-electron chi connectivity index (χ2n) is 2.86.